The molecule has 7 atom stereocenters. The first-order valence-electron chi connectivity index (χ1n) is 9.12. The number of ketones is 1. The van der Waals surface area contributed by atoms with Gasteiger partial charge < -0.3 is 24.4 Å². The van der Waals surface area contributed by atoms with Crippen molar-refractivity contribution < 1.29 is 34.0 Å². The van der Waals surface area contributed by atoms with Crippen LogP contribution in [0.3, 0.4) is 0 Å². The van der Waals surface area contributed by atoms with Gasteiger partial charge in [0.2, 0.25) is 11.4 Å². The number of aliphatic hydroxyl groups excluding tert-OH is 1. The fourth-order valence-electron chi connectivity index (χ4n) is 4.53. The average molecular weight is 376 g/mol. The summed E-state index contributed by atoms with van der Waals surface area (Å²) in [5, 5.41) is 22.0. The van der Waals surface area contributed by atoms with Crippen molar-refractivity contribution in [3.8, 4) is 0 Å². The highest BCUT2D eigenvalue weighted by Gasteiger charge is 2.78. The number of rotatable bonds is 1. The smallest absolute Gasteiger partial charge is 0.344 e. The maximum absolute atomic E-state index is 12.6. The lowest BCUT2D eigenvalue weighted by atomic mass is 9.76. The molecule has 4 aliphatic heterocycles. The summed E-state index contributed by atoms with van der Waals surface area (Å²) < 4.78 is 17.1. The van der Waals surface area contributed by atoms with Crippen molar-refractivity contribution in [2.45, 2.75) is 69.4 Å². The van der Waals surface area contributed by atoms with Gasteiger partial charge >= 0.3 is 5.97 Å². The van der Waals surface area contributed by atoms with Crippen LogP contribution in [0, 0.1) is 5.92 Å². The van der Waals surface area contributed by atoms with Crippen LogP contribution in [-0.2, 0) is 23.8 Å². The molecule has 4 heterocycles. The Labute approximate surface area is 157 Å². The Morgan fingerprint density at radius 3 is 2.59 bits per heavy atom. The van der Waals surface area contributed by atoms with Crippen LogP contribution >= 0.6 is 0 Å². The number of esters is 1. The van der Waals surface area contributed by atoms with Crippen LogP contribution in [0.5, 0.6) is 0 Å². The molecule has 27 heavy (non-hydrogen) atoms. The molecule has 0 aromatic carbocycles. The molecule has 0 spiro atoms. The molecule has 0 radical (unpaired) electrons. The average Bonchev–Trinajstić information content (AvgIpc) is 3.26. The molecule has 0 saturated carbocycles. The van der Waals surface area contributed by atoms with E-state index in [0.717, 1.165) is 5.57 Å². The molecule has 1 unspecified atom stereocenters. The number of aliphatic hydroxyl groups is 2. The highest BCUT2D eigenvalue weighted by atomic mass is 16.7. The number of ether oxygens (including phenoxy) is 3. The second-order valence-electron chi connectivity index (χ2n) is 8.14. The maximum Gasteiger partial charge on any atom is 0.344 e. The van der Waals surface area contributed by atoms with Gasteiger partial charge in [0.1, 0.15) is 24.4 Å². The lowest BCUT2D eigenvalue weighted by Gasteiger charge is -2.46. The van der Waals surface area contributed by atoms with Gasteiger partial charge in [-0.05, 0) is 44.9 Å². The number of carbonyl (C=O) groups is 2. The summed E-state index contributed by atoms with van der Waals surface area (Å²) in [6, 6.07) is 0. The highest BCUT2D eigenvalue weighted by molar-refractivity contribution is 6.00. The number of hydrogen-bond donors (Lipinski definition) is 2. The third-order valence-corrected chi connectivity index (χ3v) is 6.12. The summed E-state index contributed by atoms with van der Waals surface area (Å²) in [4.78, 5) is 25.0. The Hall–Kier alpha value is -1.80. The molecule has 3 fully saturated rings. The number of hydrogen-bond acceptors (Lipinski definition) is 7. The second kappa shape index (κ2) is 5.85. The predicted octanol–water partition coefficient (Wildman–Crippen LogP) is 0.945. The fourth-order valence-corrected chi connectivity index (χ4v) is 4.53. The van der Waals surface area contributed by atoms with Crippen LogP contribution in [0.4, 0.5) is 0 Å². The molecule has 146 valence electrons. The normalized spacial score (nSPS) is 50.2. The molecule has 4 aliphatic rings. The molecular weight excluding hydrogens is 352 g/mol. The standard InChI is InChI=1S/C20H24O7/c1-9(2)13-8-15-19-17(27-19)14(25-18(19)23)6-10(3)5-12(21)7-11(4)20(24,26-15)16(13)22/h5,7,13-17,22,24H,1,6,8H2,2-4H3/b10-5-,11-7-/t13-,14-,15+,16-,17-,19-,20?/m1/s1. The van der Waals surface area contributed by atoms with Gasteiger partial charge in [0.25, 0.3) is 0 Å². The Kier molecular flexibility index (Phi) is 4.02. The van der Waals surface area contributed by atoms with Crippen molar-refractivity contribution in [1.29, 1.82) is 0 Å². The minimum absolute atomic E-state index is 0.164. The predicted molar refractivity (Wildman–Crippen MR) is 93.4 cm³/mol. The van der Waals surface area contributed by atoms with Crippen molar-refractivity contribution >= 4 is 11.8 Å². The van der Waals surface area contributed by atoms with Crippen molar-refractivity contribution in [2.24, 2.45) is 5.92 Å². The highest BCUT2D eigenvalue weighted by Crippen LogP contribution is 2.56. The lowest BCUT2D eigenvalue weighted by Crippen LogP contribution is -2.60. The minimum Gasteiger partial charge on any atom is -0.457 e. The molecule has 0 aromatic heterocycles. The van der Waals surface area contributed by atoms with Gasteiger partial charge in [-0.25, -0.2) is 4.79 Å². The van der Waals surface area contributed by atoms with Gasteiger partial charge in [-0.1, -0.05) is 17.7 Å². The third-order valence-electron chi connectivity index (χ3n) is 6.12. The van der Waals surface area contributed by atoms with Crippen LogP contribution in [0.25, 0.3) is 0 Å². The van der Waals surface area contributed by atoms with Crippen molar-refractivity contribution in [3.63, 3.8) is 0 Å². The zero-order valence-corrected chi connectivity index (χ0v) is 15.6. The SMILES string of the molecule is C=C(C)[C@H]1C[C@@H]2OC(O)(/C(C)=C\C(=O)/C=C(/C)C[C@H]3OC(=O)[C@@]24O[C@H]34)[C@@H]1O. The van der Waals surface area contributed by atoms with Crippen molar-refractivity contribution in [1.82, 2.24) is 0 Å². The van der Waals surface area contributed by atoms with Gasteiger partial charge in [-0.3, -0.25) is 4.79 Å². The van der Waals surface area contributed by atoms with E-state index in [1.807, 2.05) is 0 Å². The number of fused-ring (bicyclic) bond motifs is 2. The van der Waals surface area contributed by atoms with E-state index in [4.69, 9.17) is 14.2 Å². The van der Waals surface area contributed by atoms with Crippen molar-refractivity contribution in [3.05, 3.63) is 35.5 Å². The Balaban J connectivity index is 1.85. The molecule has 7 nitrogen and oxygen atoms in total. The van der Waals surface area contributed by atoms with Gasteiger partial charge in [0.15, 0.2) is 5.78 Å². The van der Waals surface area contributed by atoms with Gasteiger partial charge in [0, 0.05) is 12.3 Å². The first-order chi connectivity index (χ1) is 12.6. The zero-order chi connectivity index (χ0) is 19.7. The first-order valence-corrected chi connectivity index (χ1v) is 9.12. The summed E-state index contributed by atoms with van der Waals surface area (Å²) in [7, 11) is 0. The molecular formula is C20H24O7. The number of epoxide rings is 1. The molecule has 4 bridgehead atoms. The van der Waals surface area contributed by atoms with E-state index in [2.05, 4.69) is 6.58 Å². The number of carbonyl (C=O) groups excluding carboxylic acids is 2. The lowest BCUT2D eigenvalue weighted by molar-refractivity contribution is -0.297. The van der Waals surface area contributed by atoms with E-state index >= 15 is 0 Å². The fraction of sp³-hybridized carbons (Fsp3) is 0.600. The number of allylic oxidation sites excluding steroid dienone is 2. The second-order valence-corrected chi connectivity index (χ2v) is 8.14. The van der Waals surface area contributed by atoms with E-state index in [-0.39, 0.29) is 17.8 Å². The first kappa shape index (κ1) is 18.6. The van der Waals surface area contributed by atoms with Crippen LogP contribution < -0.4 is 0 Å². The summed E-state index contributed by atoms with van der Waals surface area (Å²) in [5.74, 6) is -3.52. The van der Waals surface area contributed by atoms with Crippen LogP contribution in [-0.4, -0.2) is 57.8 Å². The van der Waals surface area contributed by atoms with E-state index in [1.165, 1.54) is 19.1 Å². The largest absolute Gasteiger partial charge is 0.457 e. The summed E-state index contributed by atoms with van der Waals surface area (Å²) in [5.41, 5.74) is 0.271. The van der Waals surface area contributed by atoms with Gasteiger partial charge in [-0.2, -0.15) is 0 Å². The van der Waals surface area contributed by atoms with E-state index in [9.17, 15) is 19.8 Å². The molecule has 3 saturated heterocycles. The van der Waals surface area contributed by atoms with E-state index < -0.39 is 47.7 Å². The Morgan fingerprint density at radius 2 is 1.96 bits per heavy atom. The van der Waals surface area contributed by atoms with Crippen LogP contribution in [0.1, 0.15) is 33.6 Å². The molecule has 7 heteroatoms. The van der Waals surface area contributed by atoms with Crippen LogP contribution in [0.2, 0.25) is 0 Å². The molecule has 0 aromatic rings. The Bertz CT molecular complexity index is 796. The topological polar surface area (TPSA) is 106 Å². The van der Waals surface area contributed by atoms with E-state index in [0.29, 0.717) is 12.0 Å². The van der Waals surface area contributed by atoms with E-state index in [1.54, 1.807) is 13.8 Å². The molecule has 4 rings (SSSR count). The monoisotopic (exact) mass is 376 g/mol. The van der Waals surface area contributed by atoms with Gasteiger partial charge in [-0.15, -0.1) is 0 Å². The Morgan fingerprint density at radius 1 is 1.26 bits per heavy atom. The molecule has 0 amide bonds. The van der Waals surface area contributed by atoms with Crippen molar-refractivity contribution in [2.75, 3.05) is 0 Å². The third kappa shape index (κ3) is 2.56. The summed E-state index contributed by atoms with van der Waals surface area (Å²) in [6.07, 6.45) is 0.170. The minimum atomic E-state index is -2.13. The molecule has 0 aliphatic carbocycles. The quantitative estimate of drug-likeness (QED) is 0.399. The zero-order valence-electron chi connectivity index (χ0n) is 15.6. The molecule has 2 N–H and O–H groups in total. The maximum atomic E-state index is 12.6. The summed E-state index contributed by atoms with van der Waals surface area (Å²) >= 11 is 0. The van der Waals surface area contributed by atoms with Gasteiger partial charge in [0.05, 0.1) is 0 Å². The summed E-state index contributed by atoms with van der Waals surface area (Å²) in [6.45, 7) is 8.95. The van der Waals surface area contributed by atoms with Crippen LogP contribution in [0.15, 0.2) is 35.5 Å².